The molecule has 0 spiro atoms. The van der Waals surface area contributed by atoms with Crippen LogP contribution in [0, 0.1) is 5.92 Å². The predicted molar refractivity (Wildman–Crippen MR) is 50.1 cm³/mol. The van der Waals surface area contributed by atoms with Crippen LogP contribution >= 0.6 is 12.6 Å². The van der Waals surface area contributed by atoms with Crippen molar-refractivity contribution in [2.24, 2.45) is 5.92 Å². The third-order valence-electron chi connectivity index (χ3n) is 2.40. The minimum atomic E-state index is -0.127. The van der Waals surface area contributed by atoms with E-state index in [1.807, 2.05) is 0 Å². The summed E-state index contributed by atoms with van der Waals surface area (Å²) in [5, 5.41) is 9.59. The SMILES string of the molecule is CN1CCC(C(O)CCS)C1. The molecule has 0 amide bonds. The number of rotatable bonds is 3. The molecule has 1 fully saturated rings. The lowest BCUT2D eigenvalue weighted by molar-refractivity contribution is 0.109. The largest absolute Gasteiger partial charge is 0.393 e. The first-order valence-corrected chi connectivity index (χ1v) is 4.84. The van der Waals surface area contributed by atoms with Crippen LogP contribution in [0.5, 0.6) is 0 Å². The highest BCUT2D eigenvalue weighted by Crippen LogP contribution is 2.20. The second-order valence-corrected chi connectivity index (χ2v) is 3.84. The van der Waals surface area contributed by atoms with Gasteiger partial charge in [0.05, 0.1) is 6.10 Å². The second-order valence-electron chi connectivity index (χ2n) is 3.39. The molecule has 0 bridgehead atoms. The number of hydrogen-bond donors (Lipinski definition) is 2. The fourth-order valence-corrected chi connectivity index (χ4v) is 1.92. The quantitative estimate of drug-likeness (QED) is 0.614. The summed E-state index contributed by atoms with van der Waals surface area (Å²) < 4.78 is 0. The Kier molecular flexibility index (Phi) is 3.69. The molecule has 1 aliphatic rings. The molecule has 0 aromatic heterocycles. The zero-order valence-electron chi connectivity index (χ0n) is 7.03. The summed E-state index contributed by atoms with van der Waals surface area (Å²) in [6.45, 7) is 2.18. The van der Waals surface area contributed by atoms with E-state index in [-0.39, 0.29) is 6.10 Å². The van der Waals surface area contributed by atoms with Gasteiger partial charge in [-0.15, -0.1) is 0 Å². The molecule has 3 heteroatoms. The molecule has 1 N–H and O–H groups in total. The van der Waals surface area contributed by atoms with Crippen molar-refractivity contribution in [2.45, 2.75) is 18.9 Å². The summed E-state index contributed by atoms with van der Waals surface area (Å²) in [5.74, 6) is 1.29. The topological polar surface area (TPSA) is 23.5 Å². The van der Waals surface area contributed by atoms with Gasteiger partial charge < -0.3 is 10.0 Å². The minimum Gasteiger partial charge on any atom is -0.393 e. The molecule has 2 atom stereocenters. The molecule has 2 nitrogen and oxygen atoms in total. The van der Waals surface area contributed by atoms with Gasteiger partial charge in [-0.25, -0.2) is 0 Å². The number of hydrogen-bond acceptors (Lipinski definition) is 3. The first-order chi connectivity index (χ1) is 5.24. The molecule has 0 aliphatic carbocycles. The van der Waals surface area contributed by atoms with E-state index < -0.39 is 0 Å². The maximum atomic E-state index is 9.59. The third-order valence-corrected chi connectivity index (χ3v) is 2.66. The van der Waals surface area contributed by atoms with Gasteiger partial charge in [-0.2, -0.15) is 12.6 Å². The highest BCUT2D eigenvalue weighted by atomic mass is 32.1. The Morgan fingerprint density at radius 3 is 2.91 bits per heavy atom. The van der Waals surface area contributed by atoms with Gasteiger partial charge in [-0.05, 0) is 38.1 Å². The molecular formula is C8H17NOS. The van der Waals surface area contributed by atoms with E-state index in [1.54, 1.807) is 0 Å². The van der Waals surface area contributed by atoms with Gasteiger partial charge >= 0.3 is 0 Å². The first kappa shape index (κ1) is 9.36. The van der Waals surface area contributed by atoms with Crippen LogP contribution in [0.1, 0.15) is 12.8 Å². The number of aliphatic hydroxyl groups is 1. The van der Waals surface area contributed by atoms with Crippen LogP contribution in [0.4, 0.5) is 0 Å². The molecule has 1 aliphatic heterocycles. The van der Waals surface area contributed by atoms with Gasteiger partial charge in [-0.3, -0.25) is 0 Å². The lowest BCUT2D eigenvalue weighted by Crippen LogP contribution is -2.24. The van der Waals surface area contributed by atoms with E-state index in [9.17, 15) is 5.11 Å². The highest BCUT2D eigenvalue weighted by molar-refractivity contribution is 7.80. The number of aliphatic hydroxyl groups excluding tert-OH is 1. The van der Waals surface area contributed by atoms with Crippen molar-refractivity contribution in [1.82, 2.24) is 4.90 Å². The van der Waals surface area contributed by atoms with Crippen molar-refractivity contribution in [1.29, 1.82) is 0 Å². The molecule has 66 valence electrons. The Morgan fingerprint density at radius 2 is 2.45 bits per heavy atom. The van der Waals surface area contributed by atoms with Crippen LogP contribution in [-0.4, -0.2) is 42.0 Å². The van der Waals surface area contributed by atoms with E-state index in [0.29, 0.717) is 5.92 Å². The lowest BCUT2D eigenvalue weighted by atomic mass is 10.00. The average molecular weight is 175 g/mol. The summed E-state index contributed by atoms with van der Waals surface area (Å²) in [6.07, 6.45) is 1.85. The van der Waals surface area contributed by atoms with E-state index in [2.05, 4.69) is 24.6 Å². The molecule has 1 saturated heterocycles. The van der Waals surface area contributed by atoms with Crippen molar-refractivity contribution in [3.05, 3.63) is 0 Å². The summed E-state index contributed by atoms with van der Waals surface area (Å²) in [6, 6.07) is 0. The van der Waals surface area contributed by atoms with Crippen molar-refractivity contribution < 1.29 is 5.11 Å². The fourth-order valence-electron chi connectivity index (χ4n) is 1.65. The normalized spacial score (nSPS) is 29.2. The van der Waals surface area contributed by atoms with Crippen LogP contribution in [-0.2, 0) is 0 Å². The van der Waals surface area contributed by atoms with Crippen LogP contribution in [0.25, 0.3) is 0 Å². The standard InChI is InChI=1S/C8H17NOS/c1-9-4-2-7(6-9)8(10)3-5-11/h7-8,10-11H,2-6H2,1H3. The summed E-state index contributed by atoms with van der Waals surface area (Å²) in [5.41, 5.74) is 0. The summed E-state index contributed by atoms with van der Waals surface area (Å²) >= 11 is 4.10. The molecule has 1 heterocycles. The maximum absolute atomic E-state index is 9.59. The third kappa shape index (κ3) is 2.65. The van der Waals surface area contributed by atoms with Gasteiger partial charge in [0.1, 0.15) is 0 Å². The van der Waals surface area contributed by atoms with Crippen molar-refractivity contribution in [3.8, 4) is 0 Å². The second kappa shape index (κ2) is 4.33. The molecule has 0 saturated carbocycles. The number of likely N-dealkylation sites (tertiary alicyclic amines) is 1. The lowest BCUT2D eigenvalue weighted by Gasteiger charge is -2.16. The highest BCUT2D eigenvalue weighted by Gasteiger charge is 2.25. The Hall–Kier alpha value is 0.270. The van der Waals surface area contributed by atoms with Crippen molar-refractivity contribution >= 4 is 12.6 Å². The predicted octanol–water partition coefficient (Wildman–Crippen LogP) is 0.619. The molecule has 0 aromatic rings. The zero-order chi connectivity index (χ0) is 8.27. The molecule has 0 radical (unpaired) electrons. The van der Waals surface area contributed by atoms with E-state index in [1.165, 1.54) is 0 Å². The van der Waals surface area contributed by atoms with E-state index in [4.69, 9.17) is 0 Å². The zero-order valence-corrected chi connectivity index (χ0v) is 7.93. The van der Waals surface area contributed by atoms with Crippen LogP contribution in [0.3, 0.4) is 0 Å². The molecular weight excluding hydrogens is 158 g/mol. The monoisotopic (exact) mass is 175 g/mol. The Morgan fingerprint density at radius 1 is 1.73 bits per heavy atom. The molecule has 11 heavy (non-hydrogen) atoms. The van der Waals surface area contributed by atoms with Gasteiger partial charge in [0.2, 0.25) is 0 Å². The van der Waals surface area contributed by atoms with Gasteiger partial charge in [-0.1, -0.05) is 0 Å². The Labute approximate surface area is 74.0 Å². The fraction of sp³-hybridized carbons (Fsp3) is 1.00. The van der Waals surface area contributed by atoms with Crippen molar-refractivity contribution in [3.63, 3.8) is 0 Å². The molecule has 0 aromatic carbocycles. The first-order valence-electron chi connectivity index (χ1n) is 4.21. The summed E-state index contributed by atoms with van der Waals surface area (Å²) in [4.78, 5) is 2.27. The van der Waals surface area contributed by atoms with Crippen LogP contribution in [0.15, 0.2) is 0 Å². The van der Waals surface area contributed by atoms with Gasteiger partial charge in [0.15, 0.2) is 0 Å². The number of thiol groups is 1. The van der Waals surface area contributed by atoms with Crippen LogP contribution in [0.2, 0.25) is 0 Å². The van der Waals surface area contributed by atoms with Crippen molar-refractivity contribution in [2.75, 3.05) is 25.9 Å². The maximum Gasteiger partial charge on any atom is 0.0588 e. The minimum absolute atomic E-state index is 0.127. The number of nitrogens with zero attached hydrogens (tertiary/aromatic N) is 1. The van der Waals surface area contributed by atoms with Crippen LogP contribution < -0.4 is 0 Å². The molecule has 1 rings (SSSR count). The van der Waals surface area contributed by atoms with Gasteiger partial charge in [0, 0.05) is 6.54 Å². The average Bonchev–Trinajstić information content (AvgIpc) is 2.36. The van der Waals surface area contributed by atoms with E-state index in [0.717, 1.165) is 31.7 Å². The van der Waals surface area contributed by atoms with E-state index >= 15 is 0 Å². The Balaban J connectivity index is 2.25. The van der Waals surface area contributed by atoms with Gasteiger partial charge in [0.25, 0.3) is 0 Å². The molecule has 2 unspecified atom stereocenters. The summed E-state index contributed by atoms with van der Waals surface area (Å²) in [7, 11) is 2.10. The smallest absolute Gasteiger partial charge is 0.0588 e. The Bertz CT molecular complexity index is 121.